The van der Waals surface area contributed by atoms with E-state index in [0.29, 0.717) is 6.42 Å². The summed E-state index contributed by atoms with van der Waals surface area (Å²) in [7, 11) is 29.8. The van der Waals surface area contributed by atoms with Crippen LogP contribution >= 0.6 is 0 Å². The van der Waals surface area contributed by atoms with Crippen LogP contribution in [0, 0.1) is 5.41 Å². The van der Waals surface area contributed by atoms with Crippen molar-refractivity contribution >= 4 is 175 Å². The van der Waals surface area contributed by atoms with Gasteiger partial charge in [-0.05, 0) is 30.0 Å². The molecule has 2 rings (SSSR count). The van der Waals surface area contributed by atoms with Crippen LogP contribution in [0.5, 0.6) is 0 Å². The zero-order chi connectivity index (χ0) is 44.9. The second-order valence-corrected chi connectivity index (χ2v) is 19.0. The second-order valence-electron chi connectivity index (χ2n) is 19.0. The standard InChI is InChI=1S/C30H60B15N9O4/c31-14-13(15(32)17(34)18(35)16(14)33)26(36,37)20(24(58)53-19(21(47)55)27(38,39)28(40,41)29(42,43)30(44,45)50)54-23(57)12(7-4-8-51-25(48)49)52-22(56)11(46)9-10-5-2-1-3-6-10/h1-3,5-6,11-12,19-20H,4,7-9,31-46,50H2,(H2,47,55)(H,52,56)(H,53,58)(H,54,57)(H4,48,49,51)/t11-,12+,19?,20+/m0/s1. The molecule has 0 fully saturated rings. The van der Waals surface area contributed by atoms with Gasteiger partial charge in [0, 0.05) is 6.54 Å². The Balaban J connectivity index is 2.76. The predicted octanol–water partition coefficient (Wildman–Crippen LogP) is -19.8. The number of rotatable bonds is 19. The lowest BCUT2D eigenvalue weighted by Crippen LogP contribution is -2.70. The summed E-state index contributed by atoms with van der Waals surface area (Å²) < 4.78 is 0. The van der Waals surface area contributed by atoms with E-state index >= 15 is 4.79 Å². The van der Waals surface area contributed by atoms with Gasteiger partial charge in [0.2, 0.25) is 23.6 Å². The maximum atomic E-state index is 15.1. The van der Waals surface area contributed by atoms with Crippen molar-refractivity contribution in [1.29, 1.82) is 5.41 Å². The minimum atomic E-state index is -1.26. The molecule has 2 aromatic carbocycles. The van der Waals surface area contributed by atoms with E-state index in [9.17, 15) is 14.4 Å². The monoisotopic (exact) mass is 776 g/mol. The molecule has 2 aromatic rings. The smallest absolute Gasteiger partial charge is 0.243 e. The van der Waals surface area contributed by atoms with Crippen molar-refractivity contribution in [1.82, 2.24) is 21.3 Å². The van der Waals surface area contributed by atoms with Crippen LogP contribution in [-0.2, 0) is 30.8 Å². The highest BCUT2D eigenvalue weighted by Crippen LogP contribution is 2.60. The van der Waals surface area contributed by atoms with Crippen LogP contribution in [0.1, 0.15) is 24.0 Å². The molecule has 1 unspecified atom stereocenters. The second kappa shape index (κ2) is 19.2. The Hall–Kier alpha value is -3.52. The van der Waals surface area contributed by atoms with E-state index in [1.165, 1.54) is 0 Å². The maximum absolute atomic E-state index is 15.1. The predicted molar refractivity (Wildman–Crippen MR) is 282 cm³/mol. The van der Waals surface area contributed by atoms with Gasteiger partial charge in [0.05, 0.1) is 43.5 Å². The number of benzene rings is 2. The molecular weight excluding hydrogens is 713 g/mol. The van der Waals surface area contributed by atoms with Crippen LogP contribution in [0.3, 0.4) is 0 Å². The SMILES string of the molecule is Bc1c(B)c(B)c(C(B)(B)[C@H](NC(=O)[C@@H](CCCNC(=N)N)NC(=O)[C@@H](N)Cc2ccccc2)C(=O)NC(C(N)=O)C(B)(B)C(B)(B)C(B)(B)C(B)(B)N)c(B)c1B. The fourth-order valence-corrected chi connectivity index (χ4v) is 8.27. The molecule has 0 heterocycles. The molecule has 0 saturated carbocycles. The summed E-state index contributed by atoms with van der Waals surface area (Å²) in [5.74, 6) is -2.73. The van der Waals surface area contributed by atoms with Gasteiger partial charge in [0.25, 0.3) is 0 Å². The van der Waals surface area contributed by atoms with Crippen molar-refractivity contribution in [2.45, 2.75) is 69.6 Å². The third kappa shape index (κ3) is 11.0. The minimum absolute atomic E-state index is 0.139. The Bertz CT molecular complexity index is 1840. The molecular formula is C30H60B15N9O4. The van der Waals surface area contributed by atoms with Crippen molar-refractivity contribution in [3.63, 3.8) is 0 Å². The summed E-state index contributed by atoms with van der Waals surface area (Å²) in [5.41, 5.74) is 31.7. The third-order valence-electron chi connectivity index (χ3n) is 14.2. The number of hydrogen-bond donors (Lipinski definition) is 9. The van der Waals surface area contributed by atoms with Crippen LogP contribution in [0.2, 0.25) is 15.6 Å². The Morgan fingerprint density at radius 2 is 1.16 bits per heavy atom. The van der Waals surface area contributed by atoms with Gasteiger partial charge in [0.1, 0.15) is 98.4 Å². The number of hydrogen-bond acceptors (Lipinski definition) is 7. The van der Waals surface area contributed by atoms with Crippen LogP contribution < -0.4 is 71.5 Å². The molecule has 28 heteroatoms. The normalized spacial score (nSPS) is 14.5. The van der Waals surface area contributed by atoms with E-state index < -0.39 is 74.0 Å². The molecule has 4 atom stereocenters. The third-order valence-corrected chi connectivity index (χ3v) is 14.2. The van der Waals surface area contributed by atoms with Gasteiger partial charge in [0.15, 0.2) is 5.96 Å². The van der Waals surface area contributed by atoms with E-state index in [2.05, 4.69) is 29.1 Å². The lowest BCUT2D eigenvalue weighted by Gasteiger charge is -2.61. The highest BCUT2D eigenvalue weighted by Gasteiger charge is 2.56. The van der Waals surface area contributed by atoms with Gasteiger partial charge in [-0.15, -0.1) is 16.4 Å². The van der Waals surface area contributed by atoms with Crippen LogP contribution in [-0.4, -0.2) is 183 Å². The molecule has 0 spiro atoms. The van der Waals surface area contributed by atoms with Gasteiger partial charge in [-0.3, -0.25) is 24.6 Å². The molecule has 4 amide bonds. The zero-order valence-electron chi connectivity index (χ0n) is 38.0. The van der Waals surface area contributed by atoms with Gasteiger partial charge in [-0.1, -0.05) is 67.8 Å². The molecule has 0 aliphatic heterocycles. The average molecular weight is 773 g/mol. The van der Waals surface area contributed by atoms with Crippen molar-refractivity contribution in [3.05, 3.63) is 41.5 Å². The quantitative estimate of drug-likeness (QED) is 0.0287. The van der Waals surface area contributed by atoms with Crippen LogP contribution in [0.25, 0.3) is 0 Å². The average Bonchev–Trinajstić information content (AvgIpc) is 3.11. The van der Waals surface area contributed by atoms with Crippen LogP contribution in [0.15, 0.2) is 30.3 Å². The molecule has 13 N–H and O–H groups in total. The molecule has 0 bridgehead atoms. The molecule has 0 radical (unpaired) electrons. The molecule has 294 valence electrons. The van der Waals surface area contributed by atoms with Gasteiger partial charge < -0.3 is 44.2 Å². The number of nitrogens with two attached hydrogens (primary N) is 4. The van der Waals surface area contributed by atoms with Gasteiger partial charge >= 0.3 is 0 Å². The summed E-state index contributed by atoms with van der Waals surface area (Å²) in [4.78, 5) is 56.8. The number of guanidine groups is 1. The molecule has 0 aliphatic carbocycles. The first kappa shape index (κ1) is 50.6. The topological polar surface area (TPSA) is 244 Å². The molecule has 58 heavy (non-hydrogen) atoms. The fourth-order valence-electron chi connectivity index (χ4n) is 8.27. The highest BCUT2D eigenvalue weighted by atomic mass is 16.2. The van der Waals surface area contributed by atoms with Crippen molar-refractivity contribution in [2.75, 3.05) is 6.54 Å². The number of nitrogens with one attached hydrogen (secondary N) is 5. The molecule has 0 aromatic heterocycles. The number of amides is 4. The Labute approximate surface area is 359 Å². The van der Waals surface area contributed by atoms with E-state index in [4.69, 9.17) is 28.3 Å². The number of primary amides is 1. The number of carbonyl (C=O) groups is 4. The van der Waals surface area contributed by atoms with E-state index in [1.807, 2.05) is 140 Å². The summed E-state index contributed by atoms with van der Waals surface area (Å²) >= 11 is 0. The van der Waals surface area contributed by atoms with Crippen molar-refractivity contribution in [2.24, 2.45) is 22.9 Å². The Morgan fingerprint density at radius 3 is 1.62 bits per heavy atom. The summed E-state index contributed by atoms with van der Waals surface area (Å²) in [5, 5.41) is 15.2. The molecule has 13 nitrogen and oxygen atoms in total. The highest BCUT2D eigenvalue weighted by molar-refractivity contribution is 6.69. The summed E-state index contributed by atoms with van der Waals surface area (Å²) in [6, 6.07) is 4.81. The molecule has 0 saturated heterocycles. The van der Waals surface area contributed by atoms with Crippen LogP contribution in [0.4, 0.5) is 0 Å². The van der Waals surface area contributed by atoms with Gasteiger partial charge in [-0.25, -0.2) is 0 Å². The van der Waals surface area contributed by atoms with E-state index in [1.54, 1.807) is 0 Å². The van der Waals surface area contributed by atoms with Crippen molar-refractivity contribution < 1.29 is 19.2 Å². The first-order valence-corrected chi connectivity index (χ1v) is 20.3. The lowest BCUT2D eigenvalue weighted by atomic mass is 9.11. The molecule has 0 aliphatic rings. The largest absolute Gasteiger partial charge is 0.370 e. The van der Waals surface area contributed by atoms with Gasteiger partial charge in [-0.2, -0.15) is 0 Å². The first-order valence-electron chi connectivity index (χ1n) is 20.3. The zero-order valence-corrected chi connectivity index (χ0v) is 38.0. The Morgan fingerprint density at radius 1 is 0.672 bits per heavy atom. The Kier molecular flexibility index (Phi) is 16.8. The first-order chi connectivity index (χ1) is 26.4. The summed E-state index contributed by atoms with van der Waals surface area (Å²) in [6.45, 7) is 0.266. The lowest BCUT2D eigenvalue weighted by molar-refractivity contribution is -0.134. The maximum Gasteiger partial charge on any atom is 0.243 e. The van der Waals surface area contributed by atoms with Crippen molar-refractivity contribution in [3.8, 4) is 0 Å². The number of carbonyl (C=O) groups excluding carboxylic acids is 4. The van der Waals surface area contributed by atoms with E-state index in [0.717, 1.165) is 38.4 Å². The minimum Gasteiger partial charge on any atom is -0.370 e. The summed E-state index contributed by atoms with van der Waals surface area (Å²) in [6.07, 6.45) is 0.732. The van der Waals surface area contributed by atoms with E-state index in [-0.39, 0.29) is 25.3 Å². The fraction of sp³-hybridized carbons (Fsp3) is 0.433.